The number of rotatable bonds is 10. The van der Waals surface area contributed by atoms with Gasteiger partial charge in [-0.2, -0.15) is 0 Å². The number of carbonyl (C=O) groups is 1. The number of nitrogens with zero attached hydrogens (tertiary/aromatic N) is 2. The Bertz CT molecular complexity index is 1350. The van der Waals surface area contributed by atoms with E-state index in [1.54, 1.807) is 75.0 Å². The summed E-state index contributed by atoms with van der Waals surface area (Å²) in [5.41, 5.74) is 1.16. The standard InChI is InChI=1S/C27H25FN2O6/c1-33-25-16-20-22(17-26(25)34-2)29-13-12-23(20)36-19-10-8-18(9-11-19)30(27(31)32)14-5-15-35-24-7-4-3-6-21(24)28/h3-4,6-13,16-17H,5,14-15H2,1-2H3,(H,31,32). The van der Waals surface area contributed by atoms with Crippen molar-refractivity contribution < 1.29 is 33.2 Å². The van der Waals surface area contributed by atoms with Gasteiger partial charge in [0.15, 0.2) is 23.1 Å². The molecule has 1 aromatic heterocycles. The van der Waals surface area contributed by atoms with Crippen LogP contribution in [0.1, 0.15) is 6.42 Å². The van der Waals surface area contributed by atoms with Crippen LogP contribution >= 0.6 is 0 Å². The third kappa shape index (κ3) is 5.57. The van der Waals surface area contributed by atoms with Gasteiger partial charge >= 0.3 is 6.09 Å². The molecule has 36 heavy (non-hydrogen) atoms. The van der Waals surface area contributed by atoms with Gasteiger partial charge < -0.3 is 24.1 Å². The van der Waals surface area contributed by atoms with Crippen molar-refractivity contribution in [2.24, 2.45) is 0 Å². The average molecular weight is 493 g/mol. The van der Waals surface area contributed by atoms with Gasteiger partial charge in [0.2, 0.25) is 0 Å². The van der Waals surface area contributed by atoms with Crippen molar-refractivity contribution >= 4 is 22.7 Å². The minimum absolute atomic E-state index is 0.139. The smallest absolute Gasteiger partial charge is 0.411 e. The number of amides is 1. The van der Waals surface area contributed by atoms with E-state index in [2.05, 4.69) is 4.98 Å². The summed E-state index contributed by atoms with van der Waals surface area (Å²) in [5, 5.41) is 10.4. The number of hydrogen-bond donors (Lipinski definition) is 1. The predicted octanol–water partition coefficient (Wildman–Crippen LogP) is 6.14. The third-order valence-corrected chi connectivity index (χ3v) is 5.43. The number of anilines is 1. The molecule has 0 bridgehead atoms. The van der Waals surface area contributed by atoms with Crippen molar-refractivity contribution in [1.29, 1.82) is 0 Å². The van der Waals surface area contributed by atoms with Crippen molar-refractivity contribution in [2.75, 3.05) is 32.3 Å². The molecule has 0 aliphatic carbocycles. The van der Waals surface area contributed by atoms with Crippen LogP contribution in [0, 0.1) is 5.82 Å². The normalized spacial score (nSPS) is 10.6. The Labute approximate surface area is 207 Å². The molecule has 3 aromatic carbocycles. The highest BCUT2D eigenvalue weighted by Gasteiger charge is 2.15. The van der Waals surface area contributed by atoms with E-state index < -0.39 is 11.9 Å². The molecule has 0 saturated heterocycles. The summed E-state index contributed by atoms with van der Waals surface area (Å²) >= 11 is 0. The number of halogens is 1. The van der Waals surface area contributed by atoms with E-state index in [9.17, 15) is 14.3 Å². The number of para-hydroxylation sites is 1. The fourth-order valence-corrected chi connectivity index (χ4v) is 3.66. The van der Waals surface area contributed by atoms with Crippen LogP contribution in [-0.2, 0) is 0 Å². The number of pyridine rings is 1. The molecule has 0 atom stereocenters. The average Bonchev–Trinajstić information content (AvgIpc) is 2.89. The second-order valence-corrected chi connectivity index (χ2v) is 7.70. The zero-order valence-corrected chi connectivity index (χ0v) is 19.8. The molecule has 0 spiro atoms. The van der Waals surface area contributed by atoms with Gasteiger partial charge in [0.25, 0.3) is 0 Å². The lowest BCUT2D eigenvalue weighted by atomic mass is 10.2. The van der Waals surface area contributed by atoms with Crippen LogP contribution in [0.3, 0.4) is 0 Å². The monoisotopic (exact) mass is 492 g/mol. The summed E-state index contributed by atoms with van der Waals surface area (Å²) in [7, 11) is 3.11. The number of hydrogen-bond acceptors (Lipinski definition) is 6. The number of carboxylic acid groups (broad SMARTS) is 1. The quantitative estimate of drug-likeness (QED) is 0.266. The maximum absolute atomic E-state index is 13.7. The second-order valence-electron chi connectivity index (χ2n) is 7.70. The van der Waals surface area contributed by atoms with Crippen LogP contribution in [0.25, 0.3) is 10.9 Å². The van der Waals surface area contributed by atoms with Crippen LogP contribution in [0.15, 0.2) is 72.9 Å². The van der Waals surface area contributed by atoms with Gasteiger partial charge in [-0.05, 0) is 55.0 Å². The number of fused-ring (bicyclic) bond motifs is 1. The summed E-state index contributed by atoms with van der Waals surface area (Å²) in [6.45, 7) is 0.357. The van der Waals surface area contributed by atoms with Crippen molar-refractivity contribution in [3.63, 3.8) is 0 Å². The maximum atomic E-state index is 13.7. The Kier molecular flexibility index (Phi) is 7.69. The summed E-state index contributed by atoms with van der Waals surface area (Å²) in [6.07, 6.45) is 0.913. The van der Waals surface area contributed by atoms with Gasteiger partial charge in [-0.3, -0.25) is 9.88 Å². The molecule has 0 radical (unpaired) electrons. The molecule has 0 saturated carbocycles. The molecule has 1 heterocycles. The second kappa shape index (κ2) is 11.3. The van der Waals surface area contributed by atoms with Gasteiger partial charge in [0.05, 0.1) is 26.3 Å². The number of methoxy groups -OCH3 is 2. The predicted molar refractivity (Wildman–Crippen MR) is 133 cm³/mol. The number of ether oxygens (including phenoxy) is 4. The molecule has 0 unspecified atom stereocenters. The Morgan fingerprint density at radius 2 is 1.67 bits per heavy atom. The third-order valence-electron chi connectivity index (χ3n) is 5.43. The van der Waals surface area contributed by atoms with Crippen molar-refractivity contribution in [3.8, 4) is 28.7 Å². The highest BCUT2D eigenvalue weighted by atomic mass is 19.1. The number of aromatic nitrogens is 1. The topological polar surface area (TPSA) is 90.4 Å². The molecule has 186 valence electrons. The first-order valence-corrected chi connectivity index (χ1v) is 11.2. The molecule has 1 amide bonds. The zero-order valence-electron chi connectivity index (χ0n) is 19.8. The van der Waals surface area contributed by atoms with E-state index in [4.69, 9.17) is 18.9 Å². The minimum atomic E-state index is -1.10. The van der Waals surface area contributed by atoms with E-state index in [-0.39, 0.29) is 18.9 Å². The van der Waals surface area contributed by atoms with Gasteiger partial charge in [0.1, 0.15) is 11.5 Å². The SMILES string of the molecule is COc1cc2nccc(Oc3ccc(N(CCCOc4ccccc4F)C(=O)O)cc3)c2cc1OC. The van der Waals surface area contributed by atoms with Crippen LogP contribution in [-0.4, -0.2) is 43.6 Å². The lowest BCUT2D eigenvalue weighted by Gasteiger charge is -2.20. The highest BCUT2D eigenvalue weighted by molar-refractivity contribution is 5.88. The molecular weight excluding hydrogens is 467 g/mol. The zero-order chi connectivity index (χ0) is 25.5. The fraction of sp³-hybridized carbons (Fsp3) is 0.185. The van der Waals surface area contributed by atoms with E-state index in [1.807, 2.05) is 0 Å². The van der Waals surface area contributed by atoms with Gasteiger partial charge in [-0.15, -0.1) is 0 Å². The van der Waals surface area contributed by atoms with E-state index in [1.165, 1.54) is 17.0 Å². The lowest BCUT2D eigenvalue weighted by molar-refractivity contribution is 0.201. The Morgan fingerprint density at radius 3 is 2.36 bits per heavy atom. The molecule has 4 aromatic rings. The van der Waals surface area contributed by atoms with Crippen LogP contribution in [0.5, 0.6) is 28.7 Å². The number of benzene rings is 3. The van der Waals surface area contributed by atoms with Crippen molar-refractivity contribution in [1.82, 2.24) is 4.98 Å². The van der Waals surface area contributed by atoms with Crippen LogP contribution in [0.2, 0.25) is 0 Å². The van der Waals surface area contributed by atoms with E-state index >= 15 is 0 Å². The molecule has 4 rings (SSSR count). The summed E-state index contributed by atoms with van der Waals surface area (Å²) in [6, 6.07) is 18.1. The molecule has 1 N–H and O–H groups in total. The first-order valence-electron chi connectivity index (χ1n) is 11.2. The van der Waals surface area contributed by atoms with Gasteiger partial charge in [0, 0.05) is 29.9 Å². The van der Waals surface area contributed by atoms with Crippen molar-refractivity contribution in [3.05, 3.63) is 78.7 Å². The van der Waals surface area contributed by atoms with Crippen LogP contribution < -0.4 is 23.8 Å². The molecule has 9 heteroatoms. The van der Waals surface area contributed by atoms with E-state index in [0.717, 1.165) is 5.39 Å². The van der Waals surface area contributed by atoms with E-state index in [0.29, 0.717) is 40.6 Å². The molecule has 0 aliphatic heterocycles. The summed E-state index contributed by atoms with van der Waals surface area (Å²) < 4.78 is 35.9. The molecule has 8 nitrogen and oxygen atoms in total. The largest absolute Gasteiger partial charge is 0.493 e. The van der Waals surface area contributed by atoms with Gasteiger partial charge in [-0.1, -0.05) is 12.1 Å². The fourth-order valence-electron chi connectivity index (χ4n) is 3.66. The first-order chi connectivity index (χ1) is 17.5. The Balaban J connectivity index is 1.44. The first kappa shape index (κ1) is 24.6. The van der Waals surface area contributed by atoms with Crippen LogP contribution in [0.4, 0.5) is 14.9 Å². The molecule has 0 aliphatic rings. The molecular formula is C27H25FN2O6. The Morgan fingerprint density at radius 1 is 0.944 bits per heavy atom. The summed E-state index contributed by atoms with van der Waals surface area (Å²) in [4.78, 5) is 17.4. The lowest BCUT2D eigenvalue weighted by Crippen LogP contribution is -2.31. The summed E-state index contributed by atoms with van der Waals surface area (Å²) in [5.74, 6) is 1.88. The highest BCUT2D eigenvalue weighted by Crippen LogP contribution is 2.37. The molecule has 0 fully saturated rings. The maximum Gasteiger partial charge on any atom is 0.411 e. The minimum Gasteiger partial charge on any atom is -0.493 e. The van der Waals surface area contributed by atoms with Crippen molar-refractivity contribution in [2.45, 2.75) is 6.42 Å². The Hall–Kier alpha value is -4.53. The van der Waals surface area contributed by atoms with Gasteiger partial charge in [-0.25, -0.2) is 9.18 Å².